The molecule has 94 valence electrons. The third kappa shape index (κ3) is 2.93. The number of benzene rings is 1. The average Bonchev–Trinajstić information content (AvgIpc) is 2.34. The van der Waals surface area contributed by atoms with Gasteiger partial charge in [-0.15, -0.1) is 0 Å². The van der Waals surface area contributed by atoms with Crippen LogP contribution in [0.3, 0.4) is 0 Å². The number of halogens is 3. The van der Waals surface area contributed by atoms with Gasteiger partial charge in [-0.3, -0.25) is 4.98 Å². The Morgan fingerprint density at radius 2 is 1.89 bits per heavy atom. The topological polar surface area (TPSA) is 52.1 Å². The Morgan fingerprint density at radius 1 is 1.22 bits per heavy atom. The van der Waals surface area contributed by atoms with Gasteiger partial charge in [-0.1, -0.05) is 12.1 Å². The Hall–Kier alpha value is -2.18. The van der Waals surface area contributed by atoms with Crippen LogP contribution in [0.15, 0.2) is 30.5 Å². The van der Waals surface area contributed by atoms with Crippen molar-refractivity contribution in [3.63, 3.8) is 0 Å². The number of aromatic nitrogens is 2. The minimum Gasteiger partial charge on any atom is -0.451 e. The lowest BCUT2D eigenvalue weighted by Crippen LogP contribution is -2.21. The third-order valence-electron chi connectivity index (χ3n) is 2.02. The molecule has 0 unspecified atom stereocenters. The molecule has 4 nitrogen and oxygen atoms in total. The summed E-state index contributed by atoms with van der Waals surface area (Å²) >= 11 is 0. The summed E-state index contributed by atoms with van der Waals surface area (Å²) in [6.45, 7) is -1.64. The van der Waals surface area contributed by atoms with Gasteiger partial charge in [0.2, 0.25) is 0 Å². The van der Waals surface area contributed by atoms with E-state index in [4.69, 9.17) is 0 Å². The first-order valence-corrected chi connectivity index (χ1v) is 4.91. The van der Waals surface area contributed by atoms with E-state index in [-0.39, 0.29) is 5.69 Å². The quantitative estimate of drug-likeness (QED) is 0.774. The zero-order valence-electron chi connectivity index (χ0n) is 8.94. The van der Waals surface area contributed by atoms with E-state index in [1.807, 2.05) is 0 Å². The van der Waals surface area contributed by atoms with Crippen LogP contribution in [0, 0.1) is 0 Å². The summed E-state index contributed by atoms with van der Waals surface area (Å²) in [6.07, 6.45) is -3.47. The van der Waals surface area contributed by atoms with E-state index in [9.17, 15) is 18.0 Å². The summed E-state index contributed by atoms with van der Waals surface area (Å²) in [6, 6.07) is 6.69. The van der Waals surface area contributed by atoms with Gasteiger partial charge in [0.05, 0.1) is 17.2 Å². The number of para-hydroxylation sites is 2. The Balaban J connectivity index is 2.18. The van der Waals surface area contributed by atoms with Gasteiger partial charge in [-0.2, -0.15) is 13.2 Å². The first kappa shape index (κ1) is 12.3. The van der Waals surface area contributed by atoms with Crippen molar-refractivity contribution >= 4 is 17.0 Å². The van der Waals surface area contributed by atoms with Gasteiger partial charge in [-0.25, -0.2) is 9.78 Å². The smallest absolute Gasteiger partial charge is 0.422 e. The summed E-state index contributed by atoms with van der Waals surface area (Å²) in [7, 11) is 0. The van der Waals surface area contributed by atoms with Gasteiger partial charge in [0, 0.05) is 0 Å². The van der Waals surface area contributed by atoms with E-state index in [2.05, 4.69) is 14.7 Å². The number of rotatable bonds is 2. The maximum Gasteiger partial charge on any atom is 0.422 e. The van der Waals surface area contributed by atoms with Crippen LogP contribution in [-0.2, 0) is 4.74 Å². The Kier molecular flexibility index (Phi) is 3.14. The molecule has 2 aromatic rings. The Labute approximate surface area is 99.4 Å². The van der Waals surface area contributed by atoms with Crippen LogP contribution in [-0.4, -0.2) is 28.7 Å². The van der Waals surface area contributed by atoms with Crippen molar-refractivity contribution in [1.29, 1.82) is 0 Å². The van der Waals surface area contributed by atoms with Crippen molar-refractivity contribution in [3.8, 4) is 0 Å². The van der Waals surface area contributed by atoms with Crippen molar-refractivity contribution < 1.29 is 22.7 Å². The lowest BCUT2D eigenvalue weighted by Gasteiger charge is -2.07. The molecule has 1 heterocycles. The molecule has 0 aliphatic carbocycles. The van der Waals surface area contributed by atoms with Crippen molar-refractivity contribution in [3.05, 3.63) is 36.2 Å². The molecule has 0 amide bonds. The fraction of sp³-hybridized carbons (Fsp3) is 0.182. The number of fused-ring (bicyclic) bond motifs is 1. The zero-order chi connectivity index (χ0) is 13.2. The van der Waals surface area contributed by atoms with Crippen molar-refractivity contribution in [2.45, 2.75) is 6.18 Å². The molecule has 0 saturated carbocycles. The lowest BCUT2D eigenvalue weighted by atomic mass is 10.3. The van der Waals surface area contributed by atoms with Gasteiger partial charge < -0.3 is 4.74 Å². The summed E-state index contributed by atoms with van der Waals surface area (Å²) in [4.78, 5) is 19.1. The predicted octanol–water partition coefficient (Wildman–Crippen LogP) is 2.35. The molecule has 7 heteroatoms. The van der Waals surface area contributed by atoms with Crippen LogP contribution < -0.4 is 0 Å². The molecule has 2 rings (SSSR count). The SMILES string of the molecule is O=C(OCC(F)(F)F)c1cnc2ccccc2n1. The molecular weight excluding hydrogens is 249 g/mol. The third-order valence-corrected chi connectivity index (χ3v) is 2.02. The molecule has 0 spiro atoms. The fourth-order valence-electron chi connectivity index (χ4n) is 1.28. The van der Waals surface area contributed by atoms with Gasteiger partial charge in [0.1, 0.15) is 0 Å². The van der Waals surface area contributed by atoms with Crippen molar-refractivity contribution in [2.75, 3.05) is 6.61 Å². The molecular formula is C11H7F3N2O2. The molecule has 0 atom stereocenters. The highest BCUT2D eigenvalue weighted by molar-refractivity contribution is 5.89. The minimum absolute atomic E-state index is 0.252. The first-order chi connectivity index (χ1) is 8.46. The van der Waals surface area contributed by atoms with E-state index in [0.29, 0.717) is 11.0 Å². The predicted molar refractivity (Wildman–Crippen MR) is 55.9 cm³/mol. The fourth-order valence-corrected chi connectivity index (χ4v) is 1.28. The van der Waals surface area contributed by atoms with Crippen LogP contribution in [0.25, 0.3) is 11.0 Å². The molecule has 0 N–H and O–H groups in total. The van der Waals surface area contributed by atoms with Crippen LogP contribution in [0.1, 0.15) is 10.5 Å². The molecule has 0 saturated heterocycles. The maximum atomic E-state index is 11.9. The van der Waals surface area contributed by atoms with Crippen LogP contribution >= 0.6 is 0 Å². The maximum absolute atomic E-state index is 11.9. The molecule has 0 bridgehead atoms. The zero-order valence-corrected chi connectivity index (χ0v) is 8.94. The molecule has 0 fully saturated rings. The van der Waals surface area contributed by atoms with Crippen LogP contribution in [0.2, 0.25) is 0 Å². The van der Waals surface area contributed by atoms with Crippen LogP contribution in [0.5, 0.6) is 0 Å². The second kappa shape index (κ2) is 4.59. The summed E-state index contributed by atoms with van der Waals surface area (Å²) in [5.74, 6) is -1.15. The van der Waals surface area contributed by atoms with E-state index in [1.54, 1.807) is 24.3 Å². The number of esters is 1. The molecule has 1 aromatic heterocycles. The number of hydrogen-bond acceptors (Lipinski definition) is 4. The summed E-state index contributed by atoms with van der Waals surface area (Å²) < 4.78 is 39.7. The number of carbonyl (C=O) groups is 1. The summed E-state index contributed by atoms with van der Waals surface area (Å²) in [5.41, 5.74) is 0.710. The van der Waals surface area contributed by atoms with Crippen molar-refractivity contribution in [2.24, 2.45) is 0 Å². The molecule has 0 aliphatic heterocycles. The Morgan fingerprint density at radius 3 is 2.56 bits per heavy atom. The molecule has 18 heavy (non-hydrogen) atoms. The lowest BCUT2D eigenvalue weighted by molar-refractivity contribution is -0.161. The van der Waals surface area contributed by atoms with Gasteiger partial charge >= 0.3 is 12.1 Å². The van der Waals surface area contributed by atoms with E-state index in [0.717, 1.165) is 6.20 Å². The average molecular weight is 256 g/mol. The number of ether oxygens (including phenoxy) is 1. The number of nitrogens with zero attached hydrogens (tertiary/aromatic N) is 2. The monoisotopic (exact) mass is 256 g/mol. The molecule has 1 aromatic carbocycles. The molecule has 0 aliphatic rings. The normalized spacial score (nSPS) is 11.5. The number of alkyl halides is 3. The minimum atomic E-state index is -4.56. The number of hydrogen-bond donors (Lipinski definition) is 0. The standard InChI is InChI=1S/C11H7F3N2O2/c12-11(13,14)6-18-10(17)9-5-15-7-3-1-2-4-8(7)16-9/h1-5H,6H2. The van der Waals surface area contributed by atoms with Gasteiger partial charge in [-0.05, 0) is 12.1 Å². The Bertz CT molecular complexity index is 584. The van der Waals surface area contributed by atoms with Crippen molar-refractivity contribution in [1.82, 2.24) is 9.97 Å². The highest BCUT2D eigenvalue weighted by Gasteiger charge is 2.30. The second-order valence-corrected chi connectivity index (χ2v) is 3.44. The largest absolute Gasteiger partial charge is 0.451 e. The van der Waals surface area contributed by atoms with Gasteiger partial charge in [0.25, 0.3) is 0 Å². The second-order valence-electron chi connectivity index (χ2n) is 3.44. The highest BCUT2D eigenvalue weighted by atomic mass is 19.4. The number of carbonyl (C=O) groups excluding carboxylic acids is 1. The van der Waals surface area contributed by atoms with E-state index >= 15 is 0 Å². The first-order valence-electron chi connectivity index (χ1n) is 4.91. The van der Waals surface area contributed by atoms with Crippen LogP contribution in [0.4, 0.5) is 13.2 Å². The highest BCUT2D eigenvalue weighted by Crippen LogP contribution is 2.15. The van der Waals surface area contributed by atoms with E-state index < -0.39 is 18.8 Å². The molecule has 0 radical (unpaired) electrons. The van der Waals surface area contributed by atoms with Gasteiger partial charge in [0.15, 0.2) is 12.3 Å². The summed E-state index contributed by atoms with van der Waals surface area (Å²) in [5, 5.41) is 0. The van der Waals surface area contributed by atoms with E-state index in [1.165, 1.54) is 0 Å².